The molecular formula is C50H89N9O22. The molecule has 0 spiro atoms. The van der Waals surface area contributed by atoms with Crippen LogP contribution < -0.4 is 31.9 Å². The highest BCUT2D eigenvalue weighted by Crippen LogP contribution is 1.98. The zero-order valence-electron chi connectivity index (χ0n) is 46.8. The summed E-state index contributed by atoms with van der Waals surface area (Å²) in [5.74, 6) is -7.02. The zero-order valence-corrected chi connectivity index (χ0v) is 46.8. The largest absolute Gasteiger partial charge is 0.481 e. The second-order valence-electron chi connectivity index (χ2n) is 17.8. The average Bonchev–Trinajstić information content (AvgIpc) is 3.41. The summed E-state index contributed by atoms with van der Waals surface area (Å²) < 4.78 is 39.3. The van der Waals surface area contributed by atoms with E-state index in [0.717, 1.165) is 6.42 Å². The molecule has 0 aromatic rings. The fourth-order valence-electron chi connectivity index (χ4n) is 6.47. The third-order valence-corrected chi connectivity index (χ3v) is 10.8. The summed E-state index contributed by atoms with van der Waals surface area (Å²) in [5.41, 5.74) is 0. The molecule has 0 aliphatic heterocycles. The number of hydrogen-bond acceptors (Lipinski definition) is 21. The Labute approximate surface area is 472 Å². The lowest BCUT2D eigenvalue weighted by Crippen LogP contribution is -2.42. The molecule has 31 nitrogen and oxygen atoms in total. The van der Waals surface area contributed by atoms with E-state index in [9.17, 15) is 52.7 Å². The van der Waals surface area contributed by atoms with Crippen LogP contribution in [0.25, 0.3) is 0 Å². The third-order valence-electron chi connectivity index (χ3n) is 10.8. The number of carboxylic acids is 4. The SMILES string of the molecule is CCCCOC(=O)CN(CCOCCNC(=O)CN(CCOCCNC(=O)CCC(=O)O)CCOCCNC(=O)CCC(=O)O)CCOCCNC(=O)CN(CCOCCNC(=O)CCC(=O)O)CCOCCNC(=O)CCC(=O)O. The predicted molar refractivity (Wildman–Crippen MR) is 286 cm³/mol. The van der Waals surface area contributed by atoms with Gasteiger partial charge in [0.15, 0.2) is 0 Å². The van der Waals surface area contributed by atoms with Gasteiger partial charge in [0.1, 0.15) is 0 Å². The van der Waals surface area contributed by atoms with Crippen LogP contribution in [0.2, 0.25) is 0 Å². The minimum absolute atomic E-state index is 0.0252. The number of nitrogens with one attached hydrogen (secondary N) is 6. The predicted octanol–water partition coefficient (Wildman–Crippen LogP) is -3.51. The Morgan fingerprint density at radius 2 is 0.543 bits per heavy atom. The third kappa shape index (κ3) is 52.9. The van der Waals surface area contributed by atoms with Crippen LogP contribution in [-0.2, 0) is 85.9 Å². The highest BCUT2D eigenvalue weighted by Gasteiger charge is 2.16. The Morgan fingerprint density at radius 3 is 0.778 bits per heavy atom. The fourth-order valence-corrected chi connectivity index (χ4v) is 6.47. The Kier molecular flexibility index (Phi) is 48.0. The Balaban J connectivity index is 5.04. The van der Waals surface area contributed by atoms with Crippen LogP contribution in [0.3, 0.4) is 0 Å². The van der Waals surface area contributed by atoms with Gasteiger partial charge in [0.25, 0.3) is 0 Å². The van der Waals surface area contributed by atoms with Crippen LogP contribution in [0.15, 0.2) is 0 Å². The molecule has 0 atom stereocenters. The van der Waals surface area contributed by atoms with Crippen molar-refractivity contribution in [3.05, 3.63) is 0 Å². The van der Waals surface area contributed by atoms with Crippen molar-refractivity contribution in [3.8, 4) is 0 Å². The van der Waals surface area contributed by atoms with Crippen LogP contribution in [0.1, 0.15) is 71.1 Å². The number of carboxylic acid groups (broad SMARTS) is 4. The van der Waals surface area contributed by atoms with Crippen molar-refractivity contribution in [2.45, 2.75) is 71.1 Å². The summed E-state index contributed by atoms with van der Waals surface area (Å²) in [6.07, 6.45) is -0.197. The molecule has 0 aromatic carbocycles. The maximum absolute atomic E-state index is 12.9. The summed E-state index contributed by atoms with van der Waals surface area (Å²) in [7, 11) is 0. The molecule has 0 radical (unpaired) electrons. The molecule has 0 saturated carbocycles. The summed E-state index contributed by atoms with van der Waals surface area (Å²) in [5, 5.41) is 50.9. The molecule has 0 fully saturated rings. The van der Waals surface area contributed by atoms with E-state index in [-0.39, 0.29) is 208 Å². The van der Waals surface area contributed by atoms with Gasteiger partial charge in [-0.1, -0.05) is 13.3 Å². The maximum Gasteiger partial charge on any atom is 0.320 e. The smallest absolute Gasteiger partial charge is 0.320 e. The zero-order chi connectivity index (χ0) is 60.1. The maximum atomic E-state index is 12.9. The normalized spacial score (nSPS) is 11.1. The van der Waals surface area contributed by atoms with E-state index in [4.69, 9.17) is 53.6 Å². The molecule has 10 N–H and O–H groups in total. The molecule has 0 unspecified atom stereocenters. The molecule has 466 valence electrons. The van der Waals surface area contributed by atoms with Crippen molar-refractivity contribution in [3.63, 3.8) is 0 Å². The lowest BCUT2D eigenvalue weighted by atomic mass is 10.3. The van der Waals surface area contributed by atoms with Gasteiger partial charge < -0.3 is 85.5 Å². The molecule has 0 rings (SSSR count). The van der Waals surface area contributed by atoms with E-state index in [0.29, 0.717) is 45.7 Å². The lowest BCUT2D eigenvalue weighted by molar-refractivity contribution is -0.145. The number of aliphatic carboxylic acids is 4. The van der Waals surface area contributed by atoms with Crippen molar-refractivity contribution in [2.75, 3.05) is 184 Å². The first kappa shape index (κ1) is 74.8. The summed E-state index contributed by atoms with van der Waals surface area (Å²) in [6.45, 7) is 7.26. The van der Waals surface area contributed by atoms with Crippen LogP contribution >= 0.6 is 0 Å². The summed E-state index contributed by atoms with van der Waals surface area (Å²) in [4.78, 5) is 134. The number of carbonyl (C=O) groups is 11. The van der Waals surface area contributed by atoms with Crippen molar-refractivity contribution < 1.29 is 106 Å². The van der Waals surface area contributed by atoms with Gasteiger partial charge in [-0.3, -0.25) is 67.4 Å². The fraction of sp³-hybridized carbons (Fsp3) is 0.780. The van der Waals surface area contributed by atoms with Crippen molar-refractivity contribution in [2.24, 2.45) is 0 Å². The number of hydrogen-bond donors (Lipinski definition) is 10. The molecule has 6 amide bonds. The minimum atomic E-state index is -1.08. The van der Waals surface area contributed by atoms with E-state index >= 15 is 0 Å². The minimum Gasteiger partial charge on any atom is -0.481 e. The van der Waals surface area contributed by atoms with E-state index < -0.39 is 53.5 Å². The van der Waals surface area contributed by atoms with Gasteiger partial charge in [-0.25, -0.2) is 0 Å². The number of unbranched alkanes of at least 4 members (excludes halogenated alkanes) is 1. The molecule has 0 aromatic heterocycles. The Hall–Kier alpha value is -6.19. The molecule has 0 bridgehead atoms. The quantitative estimate of drug-likeness (QED) is 0.0209. The molecule has 81 heavy (non-hydrogen) atoms. The number of nitrogens with zero attached hydrogens (tertiary/aromatic N) is 3. The van der Waals surface area contributed by atoms with Gasteiger partial charge in [-0.05, 0) is 6.42 Å². The van der Waals surface area contributed by atoms with Gasteiger partial charge >= 0.3 is 29.8 Å². The van der Waals surface area contributed by atoms with E-state index in [1.807, 2.05) is 6.92 Å². The molecule has 0 saturated heterocycles. The highest BCUT2D eigenvalue weighted by molar-refractivity contribution is 5.82. The van der Waals surface area contributed by atoms with Gasteiger partial charge in [0.05, 0.1) is 131 Å². The van der Waals surface area contributed by atoms with Crippen molar-refractivity contribution in [1.82, 2.24) is 46.6 Å². The number of esters is 1. The lowest BCUT2D eigenvalue weighted by Gasteiger charge is -2.22. The van der Waals surface area contributed by atoms with Crippen LogP contribution in [0.5, 0.6) is 0 Å². The van der Waals surface area contributed by atoms with Crippen molar-refractivity contribution >= 4 is 65.3 Å². The number of carbonyl (C=O) groups excluding carboxylic acids is 7. The van der Waals surface area contributed by atoms with Crippen LogP contribution in [0.4, 0.5) is 0 Å². The summed E-state index contributed by atoms with van der Waals surface area (Å²) >= 11 is 0. The topological polar surface area (TPSA) is 415 Å². The first-order valence-corrected chi connectivity index (χ1v) is 27.2. The molecular weight excluding hydrogens is 1080 g/mol. The summed E-state index contributed by atoms with van der Waals surface area (Å²) in [6, 6.07) is 0. The average molecular weight is 1170 g/mol. The highest BCUT2D eigenvalue weighted by atomic mass is 16.5. The Bertz CT molecular complexity index is 1620. The van der Waals surface area contributed by atoms with Crippen LogP contribution in [-0.4, -0.2) is 284 Å². The van der Waals surface area contributed by atoms with Gasteiger partial charge in [-0.2, -0.15) is 0 Å². The van der Waals surface area contributed by atoms with E-state index in [1.54, 1.807) is 14.7 Å². The standard InChI is InChI=1S/C50H89N9O22/c1-2-3-24-81-50(74)39-59(22-35-79-29-16-55-44(64)37-57(18-31-75-25-12-51-40(60)4-8-46(66)67)19-32-76-26-13-52-41(61)5-9-47(68)69)23-36-80-30-17-56-45(65)38-58(20-33-77-27-14-53-42(62)6-10-48(70)71)21-34-78-28-15-54-43(63)7-11-49(72)73/h2-39H2,1H3,(H,51,60)(H,52,61)(H,53,62)(H,54,63)(H,55,64)(H,56,65)(H,66,67)(H,68,69)(H,70,71)(H,72,73). The second kappa shape index (κ2) is 51.9. The molecule has 0 heterocycles. The molecule has 0 aliphatic carbocycles. The second-order valence-corrected chi connectivity index (χ2v) is 17.8. The molecule has 0 aliphatic rings. The molecule has 31 heteroatoms. The number of amides is 6. The van der Waals surface area contributed by atoms with E-state index in [1.165, 1.54) is 0 Å². The van der Waals surface area contributed by atoms with Crippen LogP contribution in [0, 0.1) is 0 Å². The Morgan fingerprint density at radius 1 is 0.309 bits per heavy atom. The number of rotatable bonds is 57. The van der Waals surface area contributed by atoms with Gasteiger partial charge in [0, 0.05) is 104 Å². The first-order chi connectivity index (χ1) is 38.9. The monoisotopic (exact) mass is 1170 g/mol. The van der Waals surface area contributed by atoms with E-state index in [2.05, 4.69) is 31.9 Å². The van der Waals surface area contributed by atoms with Crippen molar-refractivity contribution in [1.29, 1.82) is 0 Å². The first-order valence-electron chi connectivity index (χ1n) is 27.2. The van der Waals surface area contributed by atoms with Gasteiger partial charge in [0.2, 0.25) is 35.4 Å². The number of ether oxygens (including phenoxy) is 7. The van der Waals surface area contributed by atoms with Gasteiger partial charge in [-0.15, -0.1) is 0 Å².